The fourth-order valence-corrected chi connectivity index (χ4v) is 2.69. The van der Waals surface area contributed by atoms with Crippen molar-refractivity contribution < 1.29 is 4.74 Å². The van der Waals surface area contributed by atoms with Crippen molar-refractivity contribution in [2.75, 3.05) is 0 Å². The van der Waals surface area contributed by atoms with Crippen LogP contribution in [0.2, 0.25) is 5.02 Å². The highest BCUT2D eigenvalue weighted by Crippen LogP contribution is 2.29. The smallest absolute Gasteiger partial charge is 0.0725 e. The molecule has 0 aliphatic carbocycles. The van der Waals surface area contributed by atoms with Crippen molar-refractivity contribution in [3.05, 3.63) is 69.2 Å². The average Bonchev–Trinajstić information content (AvgIpc) is 2.88. The third-order valence-corrected chi connectivity index (χ3v) is 3.92. The van der Waals surface area contributed by atoms with Crippen LogP contribution in [0.4, 0.5) is 0 Å². The summed E-state index contributed by atoms with van der Waals surface area (Å²) in [5, 5.41) is 0.723. The molecule has 2 nitrogen and oxygen atoms in total. The van der Waals surface area contributed by atoms with Gasteiger partial charge in [0.2, 0.25) is 0 Å². The van der Waals surface area contributed by atoms with Crippen molar-refractivity contribution in [1.29, 1.82) is 0 Å². The Bertz CT molecular complexity index is 624. The van der Waals surface area contributed by atoms with Crippen LogP contribution < -0.4 is 5.73 Å². The van der Waals surface area contributed by atoms with Gasteiger partial charge in [0.15, 0.2) is 0 Å². The monoisotopic (exact) mass is 273 g/mol. The van der Waals surface area contributed by atoms with Crippen LogP contribution >= 0.6 is 11.6 Å². The molecular formula is C16H16ClNO. The van der Waals surface area contributed by atoms with Crippen molar-refractivity contribution in [1.82, 2.24) is 0 Å². The number of aryl methyl sites for hydroxylation is 1. The van der Waals surface area contributed by atoms with Crippen LogP contribution in [0.3, 0.4) is 0 Å². The van der Waals surface area contributed by atoms with Gasteiger partial charge in [-0.1, -0.05) is 35.9 Å². The van der Waals surface area contributed by atoms with Crippen molar-refractivity contribution >= 4 is 11.6 Å². The van der Waals surface area contributed by atoms with Gasteiger partial charge in [-0.3, -0.25) is 0 Å². The lowest BCUT2D eigenvalue weighted by molar-refractivity contribution is 0.134. The van der Waals surface area contributed by atoms with Crippen molar-refractivity contribution in [2.24, 2.45) is 5.73 Å². The summed E-state index contributed by atoms with van der Waals surface area (Å²) in [5.74, 6) is 0. The molecule has 3 heteroatoms. The summed E-state index contributed by atoms with van der Waals surface area (Å²) < 4.78 is 5.44. The van der Waals surface area contributed by atoms with E-state index in [2.05, 4.69) is 25.1 Å². The van der Waals surface area contributed by atoms with E-state index >= 15 is 0 Å². The lowest BCUT2D eigenvalue weighted by atomic mass is 9.94. The Hall–Kier alpha value is -1.35. The highest BCUT2D eigenvalue weighted by molar-refractivity contribution is 6.30. The lowest BCUT2D eigenvalue weighted by Gasteiger charge is -2.16. The minimum atomic E-state index is -0.149. The number of benzene rings is 2. The molecule has 1 atom stereocenters. The molecule has 3 rings (SSSR count). The first kappa shape index (κ1) is 12.7. The van der Waals surface area contributed by atoms with E-state index in [4.69, 9.17) is 22.1 Å². The molecule has 0 radical (unpaired) electrons. The molecule has 0 spiro atoms. The standard InChI is InChI=1S/C16H16ClNO/c1-10-2-5-14(17)7-15(10)16(18)11-3-4-12-8-19-9-13(12)6-11/h2-7,16H,8-9,18H2,1H3. The van der Waals surface area contributed by atoms with Crippen LogP contribution in [-0.4, -0.2) is 0 Å². The molecule has 0 saturated carbocycles. The number of fused-ring (bicyclic) bond motifs is 1. The molecule has 0 fully saturated rings. The molecule has 2 aromatic carbocycles. The molecule has 1 unspecified atom stereocenters. The average molecular weight is 274 g/mol. The maximum atomic E-state index is 6.38. The van der Waals surface area contributed by atoms with Crippen LogP contribution in [0.25, 0.3) is 0 Å². The molecule has 98 valence electrons. The second-order valence-electron chi connectivity index (χ2n) is 5.00. The summed E-state index contributed by atoms with van der Waals surface area (Å²) in [5.41, 5.74) is 12.2. The van der Waals surface area contributed by atoms with E-state index in [0.29, 0.717) is 13.2 Å². The summed E-state index contributed by atoms with van der Waals surface area (Å²) in [6.07, 6.45) is 0. The van der Waals surface area contributed by atoms with E-state index in [1.807, 2.05) is 18.2 Å². The number of hydrogen-bond donors (Lipinski definition) is 1. The van der Waals surface area contributed by atoms with Crippen LogP contribution in [0.1, 0.15) is 33.9 Å². The summed E-state index contributed by atoms with van der Waals surface area (Å²) in [6, 6.07) is 12.0. The van der Waals surface area contributed by atoms with Gasteiger partial charge in [-0.2, -0.15) is 0 Å². The van der Waals surface area contributed by atoms with Gasteiger partial charge in [-0.25, -0.2) is 0 Å². The maximum absolute atomic E-state index is 6.38. The summed E-state index contributed by atoms with van der Waals surface area (Å²) in [7, 11) is 0. The zero-order valence-electron chi connectivity index (χ0n) is 10.8. The Kier molecular flexibility index (Phi) is 3.31. The normalized spacial score (nSPS) is 15.3. The number of halogens is 1. The Morgan fingerprint density at radius 3 is 2.74 bits per heavy atom. The van der Waals surface area contributed by atoms with Crippen LogP contribution in [0.15, 0.2) is 36.4 Å². The van der Waals surface area contributed by atoms with Crippen molar-refractivity contribution in [2.45, 2.75) is 26.2 Å². The van der Waals surface area contributed by atoms with E-state index < -0.39 is 0 Å². The van der Waals surface area contributed by atoms with E-state index in [-0.39, 0.29) is 6.04 Å². The van der Waals surface area contributed by atoms with Gasteiger partial charge in [0.25, 0.3) is 0 Å². The Labute approximate surface area is 118 Å². The lowest BCUT2D eigenvalue weighted by Crippen LogP contribution is -2.13. The number of ether oxygens (including phenoxy) is 1. The second-order valence-corrected chi connectivity index (χ2v) is 5.44. The van der Waals surface area contributed by atoms with Gasteiger partial charge in [0, 0.05) is 5.02 Å². The Morgan fingerprint density at radius 1 is 1.11 bits per heavy atom. The van der Waals surface area contributed by atoms with Gasteiger partial charge in [-0.15, -0.1) is 0 Å². The Balaban J connectivity index is 1.99. The highest BCUT2D eigenvalue weighted by Gasteiger charge is 2.16. The molecule has 0 saturated heterocycles. The number of hydrogen-bond acceptors (Lipinski definition) is 2. The quantitative estimate of drug-likeness (QED) is 0.905. The van der Waals surface area contributed by atoms with Gasteiger partial charge in [0.05, 0.1) is 19.3 Å². The summed E-state index contributed by atoms with van der Waals surface area (Å²) >= 11 is 6.07. The van der Waals surface area contributed by atoms with Crippen LogP contribution in [0.5, 0.6) is 0 Å². The fraction of sp³-hybridized carbons (Fsp3) is 0.250. The maximum Gasteiger partial charge on any atom is 0.0725 e. The molecular weight excluding hydrogens is 258 g/mol. The molecule has 0 amide bonds. The number of rotatable bonds is 2. The molecule has 1 heterocycles. The molecule has 2 aromatic rings. The molecule has 1 aliphatic heterocycles. The van der Waals surface area contributed by atoms with Gasteiger partial charge < -0.3 is 10.5 Å². The van der Waals surface area contributed by atoms with Gasteiger partial charge in [0.1, 0.15) is 0 Å². The largest absolute Gasteiger partial charge is 0.372 e. The third-order valence-electron chi connectivity index (χ3n) is 3.68. The first-order valence-corrected chi connectivity index (χ1v) is 6.74. The SMILES string of the molecule is Cc1ccc(Cl)cc1C(N)c1ccc2c(c1)COC2. The van der Waals surface area contributed by atoms with E-state index in [1.54, 1.807) is 0 Å². The third kappa shape index (κ3) is 2.39. The predicted molar refractivity (Wildman–Crippen MR) is 77.2 cm³/mol. The first-order valence-electron chi connectivity index (χ1n) is 6.36. The second kappa shape index (κ2) is 4.97. The summed E-state index contributed by atoms with van der Waals surface area (Å²) in [6.45, 7) is 3.45. The first-order chi connectivity index (χ1) is 9.15. The molecule has 0 bridgehead atoms. The molecule has 1 aliphatic rings. The highest BCUT2D eigenvalue weighted by atomic mass is 35.5. The number of nitrogens with two attached hydrogens (primary N) is 1. The van der Waals surface area contributed by atoms with Crippen molar-refractivity contribution in [3.8, 4) is 0 Å². The zero-order valence-corrected chi connectivity index (χ0v) is 11.6. The van der Waals surface area contributed by atoms with E-state index in [0.717, 1.165) is 21.7 Å². The molecule has 0 aromatic heterocycles. The minimum Gasteiger partial charge on any atom is -0.372 e. The van der Waals surface area contributed by atoms with Gasteiger partial charge in [-0.05, 0) is 46.9 Å². The fourth-order valence-electron chi connectivity index (χ4n) is 2.51. The topological polar surface area (TPSA) is 35.2 Å². The van der Waals surface area contributed by atoms with Crippen LogP contribution in [-0.2, 0) is 18.0 Å². The van der Waals surface area contributed by atoms with Crippen molar-refractivity contribution in [3.63, 3.8) is 0 Å². The Morgan fingerprint density at radius 2 is 1.89 bits per heavy atom. The van der Waals surface area contributed by atoms with E-state index in [9.17, 15) is 0 Å². The summed E-state index contributed by atoms with van der Waals surface area (Å²) in [4.78, 5) is 0. The molecule has 2 N–H and O–H groups in total. The predicted octanol–water partition coefficient (Wildman–Crippen LogP) is 3.73. The van der Waals surface area contributed by atoms with Crippen LogP contribution in [0, 0.1) is 6.92 Å². The van der Waals surface area contributed by atoms with Gasteiger partial charge >= 0.3 is 0 Å². The minimum absolute atomic E-state index is 0.149. The molecule has 19 heavy (non-hydrogen) atoms. The van der Waals surface area contributed by atoms with E-state index in [1.165, 1.54) is 11.1 Å². The zero-order chi connectivity index (χ0) is 13.4.